The Morgan fingerprint density at radius 3 is 0.511 bits per heavy atom. The van der Waals surface area contributed by atoms with Crippen molar-refractivity contribution in [3.8, 4) is 61.8 Å². The first-order valence-corrected chi connectivity index (χ1v) is 41.0. The highest BCUT2D eigenvalue weighted by Gasteiger charge is 2.14. The molecule has 8 aromatic rings. The van der Waals surface area contributed by atoms with Gasteiger partial charge in [-0.15, -0.1) is 45.3 Å². The van der Waals surface area contributed by atoms with Gasteiger partial charge in [0.15, 0.2) is 0 Å². The first-order valence-electron chi connectivity index (χ1n) is 37.7. The van der Waals surface area contributed by atoms with Crippen LogP contribution in [0.25, 0.3) is 61.8 Å². The molecule has 0 fully saturated rings. The Labute approximate surface area is 577 Å². The van der Waals surface area contributed by atoms with Crippen molar-refractivity contribution in [2.24, 2.45) is 0 Å². The highest BCUT2D eigenvalue weighted by Crippen LogP contribution is 2.41. The Kier molecular flexibility index (Phi) is 38.5. The van der Waals surface area contributed by atoms with Crippen molar-refractivity contribution in [3.63, 3.8) is 0 Å². The molecule has 0 amide bonds. The van der Waals surface area contributed by atoms with E-state index in [1.54, 1.807) is 0 Å². The molecule has 500 valence electrons. The fraction of sp³-hybridized carbons (Fsp3) is 0.571. The molecule has 0 radical (unpaired) electrons. The smallest absolute Gasteiger partial charge is 0.0802 e. The van der Waals surface area contributed by atoms with Gasteiger partial charge in [0.2, 0.25) is 0 Å². The molecule has 8 rings (SSSR count). The summed E-state index contributed by atoms with van der Waals surface area (Å²) < 4.78 is 0. The van der Waals surface area contributed by atoms with Gasteiger partial charge in [-0.25, -0.2) is 0 Å². The first-order chi connectivity index (χ1) is 45.5. The molecule has 4 nitrogen and oxygen atoms in total. The molecule has 0 aliphatic carbocycles. The molecule has 0 spiro atoms. The average molecular weight is 1310 g/mol. The summed E-state index contributed by atoms with van der Waals surface area (Å²) in [4.78, 5) is 29.5. The van der Waals surface area contributed by atoms with Crippen LogP contribution in [0, 0.1) is 0 Å². The number of hydrogen-bond donors (Lipinski definition) is 0. The van der Waals surface area contributed by atoms with E-state index in [4.69, 9.17) is 19.9 Å². The Hall–Kier alpha value is -4.60. The molecule has 0 saturated carbocycles. The standard InChI is InChI=1S/2C42H60N2S2/c2*1-3-5-7-9-11-13-15-17-19-21-23-35-25-27-37(43-33-35)39-29-31-41(45-39)42-32-30-40(46-42)38-28-26-36(34-44-38)24-22-20-18-16-14-12-10-8-6-4-2/h2*25-34H,3-24H2,1-2H3. The highest BCUT2D eigenvalue weighted by atomic mass is 32.1. The van der Waals surface area contributed by atoms with E-state index in [-0.39, 0.29) is 0 Å². The summed E-state index contributed by atoms with van der Waals surface area (Å²) in [6.07, 6.45) is 68.3. The summed E-state index contributed by atoms with van der Waals surface area (Å²) in [6, 6.07) is 35.9. The van der Waals surface area contributed by atoms with E-state index in [0.717, 1.165) is 48.5 Å². The third-order valence-electron chi connectivity index (χ3n) is 18.5. The van der Waals surface area contributed by atoms with Crippen LogP contribution in [0.2, 0.25) is 0 Å². The first kappa shape index (κ1) is 74.8. The number of aryl methyl sites for hydroxylation is 4. The minimum Gasteiger partial charge on any atom is -0.255 e. The van der Waals surface area contributed by atoms with Crippen LogP contribution in [0.3, 0.4) is 0 Å². The molecule has 8 aromatic heterocycles. The maximum atomic E-state index is 4.84. The van der Waals surface area contributed by atoms with Gasteiger partial charge in [0, 0.05) is 44.3 Å². The van der Waals surface area contributed by atoms with Gasteiger partial charge >= 0.3 is 0 Å². The molecule has 0 aromatic carbocycles. The zero-order valence-electron chi connectivity index (χ0n) is 58.1. The third kappa shape index (κ3) is 29.6. The number of rotatable bonds is 50. The van der Waals surface area contributed by atoms with E-state index >= 15 is 0 Å². The normalized spacial score (nSPS) is 11.4. The van der Waals surface area contributed by atoms with Gasteiger partial charge in [-0.2, -0.15) is 0 Å². The lowest BCUT2D eigenvalue weighted by molar-refractivity contribution is 0.556. The van der Waals surface area contributed by atoms with Gasteiger partial charge in [-0.05, 0) is 146 Å². The summed E-state index contributed by atoms with van der Waals surface area (Å²) in [5, 5.41) is 0. The monoisotopic (exact) mass is 1310 g/mol. The Bertz CT molecular complexity index is 2640. The number of nitrogens with zero attached hydrogens (tertiary/aromatic N) is 4. The molecule has 0 N–H and O–H groups in total. The molecule has 0 unspecified atom stereocenters. The van der Waals surface area contributed by atoms with Gasteiger partial charge in [0.05, 0.1) is 42.3 Å². The van der Waals surface area contributed by atoms with Crippen molar-refractivity contribution >= 4 is 45.3 Å². The number of unbranched alkanes of at least 4 members (excludes halogenated alkanes) is 36. The number of pyridine rings is 4. The number of hydrogen-bond acceptors (Lipinski definition) is 8. The third-order valence-corrected chi connectivity index (χ3v) is 23.3. The second-order valence-electron chi connectivity index (χ2n) is 26.6. The van der Waals surface area contributed by atoms with Crippen LogP contribution in [0.4, 0.5) is 0 Å². The number of aromatic nitrogens is 4. The van der Waals surface area contributed by atoms with Crippen LogP contribution in [0.1, 0.15) is 307 Å². The molecule has 0 saturated heterocycles. The van der Waals surface area contributed by atoms with Crippen LogP contribution in [0.5, 0.6) is 0 Å². The van der Waals surface area contributed by atoms with Crippen LogP contribution in [-0.2, 0) is 25.7 Å². The topological polar surface area (TPSA) is 51.6 Å². The molecule has 8 heteroatoms. The van der Waals surface area contributed by atoms with Crippen LogP contribution >= 0.6 is 45.3 Å². The lowest BCUT2D eigenvalue weighted by Gasteiger charge is -2.04. The second-order valence-corrected chi connectivity index (χ2v) is 30.9. The molecular formula is C84H120N4S4. The van der Waals surface area contributed by atoms with E-state index in [0.29, 0.717) is 0 Å². The van der Waals surface area contributed by atoms with Gasteiger partial charge in [-0.3, -0.25) is 19.9 Å². The molecule has 8 heterocycles. The zero-order chi connectivity index (χ0) is 64.1. The maximum absolute atomic E-state index is 4.84. The van der Waals surface area contributed by atoms with E-state index in [2.05, 4.69) is 150 Å². The Morgan fingerprint density at radius 1 is 0.185 bits per heavy atom. The maximum Gasteiger partial charge on any atom is 0.0802 e. The average Bonchev–Trinajstić information content (AvgIpc) is 1.86. The van der Waals surface area contributed by atoms with E-state index in [1.807, 2.05) is 45.3 Å². The predicted octanol–water partition coefficient (Wildman–Crippen LogP) is 29.1. The lowest BCUT2D eigenvalue weighted by Crippen LogP contribution is -1.89. The van der Waals surface area contributed by atoms with Crippen molar-refractivity contribution in [2.45, 2.75) is 310 Å². The van der Waals surface area contributed by atoms with E-state index in [9.17, 15) is 0 Å². The van der Waals surface area contributed by atoms with Crippen molar-refractivity contribution in [1.82, 2.24) is 19.9 Å². The molecule has 0 bridgehead atoms. The lowest BCUT2D eigenvalue weighted by atomic mass is 10.0. The summed E-state index contributed by atoms with van der Waals surface area (Å²) >= 11 is 7.35. The largest absolute Gasteiger partial charge is 0.255 e. The van der Waals surface area contributed by atoms with Crippen LogP contribution < -0.4 is 0 Å². The summed E-state index contributed by atoms with van der Waals surface area (Å²) in [5.41, 5.74) is 9.79. The molecule has 0 aliphatic heterocycles. The van der Waals surface area contributed by atoms with Crippen molar-refractivity contribution in [3.05, 3.63) is 144 Å². The summed E-state index contributed by atoms with van der Waals surface area (Å²) in [7, 11) is 0. The fourth-order valence-corrected chi connectivity index (χ4v) is 16.7. The van der Waals surface area contributed by atoms with E-state index < -0.39 is 0 Å². The molecule has 0 atom stereocenters. The van der Waals surface area contributed by atoms with Gasteiger partial charge in [0.1, 0.15) is 0 Å². The van der Waals surface area contributed by atoms with Crippen LogP contribution in [0.15, 0.2) is 122 Å². The quantitative estimate of drug-likeness (QED) is 0.0357. The minimum atomic E-state index is 1.08. The predicted molar refractivity (Wildman–Crippen MR) is 410 cm³/mol. The second kappa shape index (κ2) is 47.3. The SMILES string of the molecule is CCCCCCCCCCCCc1ccc(-c2ccc(-c3ccc(-c4ccc(CCCCCCCCCCCC)cn4)s3)s2)nc1.CCCCCCCCCCCCc1ccc(-c2ccc(-c3ccc(-c4ccc(CCCCCCCCCCCC)cn4)s3)s2)nc1. The van der Waals surface area contributed by atoms with Gasteiger partial charge in [0.25, 0.3) is 0 Å². The Balaban J connectivity index is 0.000000261. The fourth-order valence-electron chi connectivity index (χ4n) is 12.6. The molecule has 0 aliphatic rings. The van der Waals surface area contributed by atoms with Gasteiger partial charge < -0.3 is 0 Å². The molecular weight excluding hydrogens is 1190 g/mol. The summed E-state index contributed by atoms with van der Waals surface area (Å²) in [6.45, 7) is 9.16. The van der Waals surface area contributed by atoms with Crippen molar-refractivity contribution in [1.29, 1.82) is 0 Å². The van der Waals surface area contributed by atoms with Crippen molar-refractivity contribution in [2.75, 3.05) is 0 Å². The zero-order valence-corrected chi connectivity index (χ0v) is 61.3. The van der Waals surface area contributed by atoms with Crippen molar-refractivity contribution < 1.29 is 0 Å². The summed E-state index contributed by atoms with van der Waals surface area (Å²) in [5.74, 6) is 0. The molecule has 92 heavy (non-hydrogen) atoms. The van der Waals surface area contributed by atoms with Crippen LogP contribution in [-0.4, -0.2) is 19.9 Å². The minimum absolute atomic E-state index is 1.08. The highest BCUT2D eigenvalue weighted by molar-refractivity contribution is 7.25. The number of thiophene rings is 4. The van der Waals surface area contributed by atoms with E-state index in [1.165, 1.54) is 318 Å². The van der Waals surface area contributed by atoms with Gasteiger partial charge in [-0.1, -0.05) is 283 Å². The Morgan fingerprint density at radius 2 is 0.348 bits per heavy atom.